The Kier molecular flexibility index (Phi) is 3.75. The zero-order chi connectivity index (χ0) is 14.8. The number of hydrogen-bond acceptors (Lipinski definition) is 3. The van der Waals surface area contributed by atoms with Crippen LogP contribution in [0.1, 0.15) is 28.7 Å². The van der Waals surface area contributed by atoms with Crippen molar-refractivity contribution < 1.29 is 9.90 Å². The van der Waals surface area contributed by atoms with Crippen molar-refractivity contribution in [2.75, 3.05) is 0 Å². The first-order valence-corrected chi connectivity index (χ1v) is 7.87. The third-order valence-corrected chi connectivity index (χ3v) is 4.33. The molecule has 21 heavy (non-hydrogen) atoms. The number of carboxylic acid groups (broad SMARTS) is 1. The van der Waals surface area contributed by atoms with Gasteiger partial charge in [0.2, 0.25) is 0 Å². The van der Waals surface area contributed by atoms with Crippen LogP contribution in [-0.2, 0) is 19.4 Å². The zero-order valence-electron chi connectivity index (χ0n) is 11.7. The molecular formula is C16H16N2O2S. The van der Waals surface area contributed by atoms with Crippen molar-refractivity contribution in [3.05, 3.63) is 52.0 Å². The largest absolute Gasteiger partial charge is 0.478 e. The number of aromatic carboxylic acids is 1. The summed E-state index contributed by atoms with van der Waals surface area (Å²) in [6, 6.07) is 7.38. The van der Waals surface area contributed by atoms with Gasteiger partial charge in [-0.05, 0) is 40.9 Å². The first-order valence-electron chi connectivity index (χ1n) is 6.93. The van der Waals surface area contributed by atoms with Crippen LogP contribution in [0, 0.1) is 0 Å². The number of benzene rings is 1. The molecule has 0 unspecified atom stereocenters. The predicted octanol–water partition coefficient (Wildman–Crippen LogP) is 3.60. The lowest BCUT2D eigenvalue weighted by atomic mass is 10.1. The highest BCUT2D eigenvalue weighted by Gasteiger charge is 2.16. The second-order valence-electron chi connectivity index (χ2n) is 4.89. The molecule has 0 spiro atoms. The Balaban J connectivity index is 2.07. The summed E-state index contributed by atoms with van der Waals surface area (Å²) in [6.45, 7) is 2.80. The third-order valence-electron chi connectivity index (χ3n) is 3.60. The number of imidazole rings is 1. The van der Waals surface area contributed by atoms with Crippen molar-refractivity contribution in [2.45, 2.75) is 26.3 Å². The summed E-state index contributed by atoms with van der Waals surface area (Å²) in [4.78, 5) is 16.0. The fourth-order valence-corrected chi connectivity index (χ4v) is 3.30. The number of nitrogens with zero attached hydrogens (tertiary/aromatic N) is 2. The van der Waals surface area contributed by atoms with Gasteiger partial charge in [0.15, 0.2) is 0 Å². The summed E-state index contributed by atoms with van der Waals surface area (Å²) >= 11 is 1.68. The fourth-order valence-electron chi connectivity index (χ4n) is 2.59. The second kappa shape index (κ2) is 5.69. The molecule has 0 saturated carbocycles. The van der Waals surface area contributed by atoms with Crippen molar-refractivity contribution in [1.82, 2.24) is 9.55 Å². The maximum absolute atomic E-state index is 11.5. The number of carboxylic acids is 1. The van der Waals surface area contributed by atoms with E-state index in [1.54, 1.807) is 23.5 Å². The van der Waals surface area contributed by atoms with Crippen molar-refractivity contribution in [1.29, 1.82) is 0 Å². The number of carbonyl (C=O) groups is 1. The standard InChI is InChI=1S/C16H16N2O2S/c1-2-14-17-13-5-3-4-12(16(19)20)15(13)18(14)8-6-11-7-9-21-10-11/h3-5,7,9-10H,2,6,8H2,1H3,(H,19,20). The van der Waals surface area contributed by atoms with Crippen LogP contribution in [0.15, 0.2) is 35.0 Å². The van der Waals surface area contributed by atoms with Gasteiger partial charge in [0, 0.05) is 13.0 Å². The van der Waals surface area contributed by atoms with E-state index in [9.17, 15) is 9.90 Å². The molecule has 1 aromatic carbocycles. The van der Waals surface area contributed by atoms with Crippen molar-refractivity contribution >= 4 is 28.3 Å². The van der Waals surface area contributed by atoms with Gasteiger partial charge in [-0.1, -0.05) is 13.0 Å². The van der Waals surface area contributed by atoms with Crippen LogP contribution in [0.4, 0.5) is 0 Å². The average Bonchev–Trinajstić information content (AvgIpc) is 3.11. The maximum Gasteiger partial charge on any atom is 0.337 e. The smallest absolute Gasteiger partial charge is 0.337 e. The van der Waals surface area contributed by atoms with Gasteiger partial charge in [-0.15, -0.1) is 0 Å². The van der Waals surface area contributed by atoms with Crippen LogP contribution in [0.5, 0.6) is 0 Å². The summed E-state index contributed by atoms with van der Waals surface area (Å²) in [7, 11) is 0. The predicted molar refractivity (Wildman–Crippen MR) is 84.1 cm³/mol. The van der Waals surface area contributed by atoms with E-state index < -0.39 is 5.97 Å². The highest BCUT2D eigenvalue weighted by Crippen LogP contribution is 2.22. The summed E-state index contributed by atoms with van der Waals surface area (Å²) in [5, 5.41) is 13.6. The van der Waals surface area contributed by atoms with Crippen LogP contribution in [0.2, 0.25) is 0 Å². The van der Waals surface area contributed by atoms with E-state index >= 15 is 0 Å². The van der Waals surface area contributed by atoms with Crippen molar-refractivity contribution in [2.24, 2.45) is 0 Å². The Morgan fingerprint density at radius 1 is 1.38 bits per heavy atom. The van der Waals surface area contributed by atoms with Crippen LogP contribution >= 0.6 is 11.3 Å². The lowest BCUT2D eigenvalue weighted by Gasteiger charge is -2.09. The van der Waals surface area contributed by atoms with E-state index in [1.807, 2.05) is 13.0 Å². The molecule has 0 aliphatic heterocycles. The molecule has 2 aromatic heterocycles. The molecule has 4 nitrogen and oxygen atoms in total. The number of thiophene rings is 1. The highest BCUT2D eigenvalue weighted by atomic mass is 32.1. The topological polar surface area (TPSA) is 55.1 Å². The molecule has 0 aliphatic carbocycles. The quantitative estimate of drug-likeness (QED) is 0.783. The molecule has 3 aromatic rings. The number of aromatic nitrogens is 2. The number of rotatable bonds is 5. The molecule has 108 valence electrons. The number of para-hydroxylation sites is 1. The Hall–Kier alpha value is -2.14. The Morgan fingerprint density at radius 2 is 2.24 bits per heavy atom. The maximum atomic E-state index is 11.5. The summed E-state index contributed by atoms with van der Waals surface area (Å²) in [5.41, 5.74) is 3.09. The minimum Gasteiger partial charge on any atom is -0.478 e. The number of hydrogen-bond donors (Lipinski definition) is 1. The Bertz CT molecular complexity index is 775. The van der Waals surface area contributed by atoms with Gasteiger partial charge >= 0.3 is 5.97 Å². The average molecular weight is 300 g/mol. The molecule has 0 aliphatic rings. The normalized spacial score (nSPS) is 11.1. The van der Waals surface area contributed by atoms with Crippen LogP contribution < -0.4 is 0 Å². The van der Waals surface area contributed by atoms with Gasteiger partial charge in [0.25, 0.3) is 0 Å². The minimum atomic E-state index is -0.903. The van der Waals surface area contributed by atoms with Gasteiger partial charge in [-0.2, -0.15) is 11.3 Å². The van der Waals surface area contributed by atoms with Gasteiger partial charge in [-0.25, -0.2) is 9.78 Å². The molecule has 0 bridgehead atoms. The first kappa shape index (κ1) is 13.8. The van der Waals surface area contributed by atoms with Crippen molar-refractivity contribution in [3.8, 4) is 0 Å². The molecule has 2 heterocycles. The van der Waals surface area contributed by atoms with E-state index in [4.69, 9.17) is 0 Å². The van der Waals surface area contributed by atoms with Gasteiger partial charge in [0.1, 0.15) is 5.82 Å². The monoisotopic (exact) mass is 300 g/mol. The zero-order valence-corrected chi connectivity index (χ0v) is 12.6. The molecular weight excluding hydrogens is 284 g/mol. The first-order chi connectivity index (χ1) is 10.2. The Labute approximate surface area is 126 Å². The van der Waals surface area contributed by atoms with Crippen LogP contribution in [-0.4, -0.2) is 20.6 Å². The molecule has 0 amide bonds. The molecule has 0 saturated heterocycles. The summed E-state index contributed by atoms with van der Waals surface area (Å²) < 4.78 is 2.05. The lowest BCUT2D eigenvalue weighted by Crippen LogP contribution is -2.08. The SMILES string of the molecule is CCc1nc2cccc(C(=O)O)c2n1CCc1ccsc1. The van der Waals surface area contributed by atoms with Gasteiger partial charge in [0.05, 0.1) is 16.6 Å². The fraction of sp³-hybridized carbons (Fsp3) is 0.250. The number of aryl methyl sites for hydroxylation is 3. The highest BCUT2D eigenvalue weighted by molar-refractivity contribution is 7.07. The van der Waals surface area contributed by atoms with E-state index in [0.717, 1.165) is 36.2 Å². The Morgan fingerprint density at radius 3 is 2.90 bits per heavy atom. The van der Waals surface area contributed by atoms with Gasteiger partial charge < -0.3 is 9.67 Å². The lowest BCUT2D eigenvalue weighted by molar-refractivity contribution is 0.0698. The molecule has 1 N–H and O–H groups in total. The second-order valence-corrected chi connectivity index (χ2v) is 5.67. The summed E-state index contributed by atoms with van der Waals surface area (Å²) in [5.74, 6) is 0.0360. The van der Waals surface area contributed by atoms with Crippen molar-refractivity contribution in [3.63, 3.8) is 0 Å². The van der Waals surface area contributed by atoms with Crippen LogP contribution in [0.25, 0.3) is 11.0 Å². The van der Waals surface area contributed by atoms with E-state index in [1.165, 1.54) is 5.56 Å². The molecule has 3 rings (SSSR count). The molecule has 0 atom stereocenters. The molecule has 0 fully saturated rings. The van der Waals surface area contributed by atoms with E-state index in [2.05, 4.69) is 26.4 Å². The van der Waals surface area contributed by atoms with Gasteiger partial charge in [-0.3, -0.25) is 0 Å². The minimum absolute atomic E-state index is 0.324. The van der Waals surface area contributed by atoms with E-state index in [-0.39, 0.29) is 0 Å². The third kappa shape index (κ3) is 2.56. The number of fused-ring (bicyclic) bond motifs is 1. The van der Waals surface area contributed by atoms with E-state index in [0.29, 0.717) is 5.56 Å². The summed E-state index contributed by atoms with van der Waals surface area (Å²) in [6.07, 6.45) is 1.67. The van der Waals surface area contributed by atoms with Crippen LogP contribution in [0.3, 0.4) is 0 Å². The molecule has 5 heteroatoms. The molecule has 0 radical (unpaired) electrons.